The van der Waals surface area contributed by atoms with Crippen LogP contribution in [0.1, 0.15) is 31.5 Å². The first-order chi connectivity index (χ1) is 9.74. The SMILES string of the molecule is CCOc1cccc(Oc2cc(N)nc(C3CC3)n2)c1. The van der Waals surface area contributed by atoms with Crippen molar-refractivity contribution in [1.29, 1.82) is 0 Å². The lowest BCUT2D eigenvalue weighted by Gasteiger charge is -2.09. The van der Waals surface area contributed by atoms with Crippen molar-refractivity contribution in [2.24, 2.45) is 0 Å². The van der Waals surface area contributed by atoms with Crippen molar-refractivity contribution in [1.82, 2.24) is 9.97 Å². The van der Waals surface area contributed by atoms with Gasteiger partial charge in [-0.25, -0.2) is 4.98 Å². The van der Waals surface area contributed by atoms with Gasteiger partial charge in [0.05, 0.1) is 6.61 Å². The van der Waals surface area contributed by atoms with Crippen LogP contribution >= 0.6 is 0 Å². The Balaban J connectivity index is 1.81. The minimum Gasteiger partial charge on any atom is -0.494 e. The summed E-state index contributed by atoms with van der Waals surface area (Å²) in [5, 5.41) is 0. The van der Waals surface area contributed by atoms with Crippen LogP contribution in [0.15, 0.2) is 30.3 Å². The average molecular weight is 271 g/mol. The van der Waals surface area contributed by atoms with Gasteiger partial charge in [-0.05, 0) is 31.9 Å². The summed E-state index contributed by atoms with van der Waals surface area (Å²) in [4.78, 5) is 8.66. The van der Waals surface area contributed by atoms with E-state index in [1.165, 1.54) is 0 Å². The maximum Gasteiger partial charge on any atom is 0.224 e. The van der Waals surface area contributed by atoms with E-state index in [1.807, 2.05) is 31.2 Å². The quantitative estimate of drug-likeness (QED) is 0.904. The number of nitrogens with zero attached hydrogens (tertiary/aromatic N) is 2. The standard InChI is InChI=1S/C15H17N3O2/c1-2-19-11-4-3-5-12(8-11)20-14-9-13(16)17-15(18-14)10-6-7-10/h3-5,8-10H,2,6-7H2,1H3,(H2,16,17,18). The van der Waals surface area contributed by atoms with E-state index in [0.29, 0.717) is 30.0 Å². The summed E-state index contributed by atoms with van der Waals surface area (Å²) in [6, 6.07) is 9.10. The highest BCUT2D eigenvalue weighted by atomic mass is 16.5. The monoisotopic (exact) mass is 271 g/mol. The molecule has 104 valence electrons. The van der Waals surface area contributed by atoms with Crippen molar-refractivity contribution < 1.29 is 9.47 Å². The number of anilines is 1. The largest absolute Gasteiger partial charge is 0.494 e. The summed E-state index contributed by atoms with van der Waals surface area (Å²) in [7, 11) is 0. The lowest BCUT2D eigenvalue weighted by Crippen LogP contribution is -2.00. The molecule has 2 N–H and O–H groups in total. The lowest BCUT2D eigenvalue weighted by molar-refractivity contribution is 0.338. The van der Waals surface area contributed by atoms with Crippen molar-refractivity contribution >= 4 is 5.82 Å². The molecule has 1 saturated carbocycles. The molecule has 1 aromatic carbocycles. The molecule has 1 aliphatic rings. The van der Waals surface area contributed by atoms with Gasteiger partial charge in [0.1, 0.15) is 23.1 Å². The Morgan fingerprint density at radius 2 is 2.00 bits per heavy atom. The zero-order chi connectivity index (χ0) is 13.9. The summed E-state index contributed by atoms with van der Waals surface area (Å²) >= 11 is 0. The fraction of sp³-hybridized carbons (Fsp3) is 0.333. The third kappa shape index (κ3) is 2.99. The summed E-state index contributed by atoms with van der Waals surface area (Å²) in [5.41, 5.74) is 5.80. The number of aromatic nitrogens is 2. The van der Waals surface area contributed by atoms with Crippen molar-refractivity contribution in [2.45, 2.75) is 25.7 Å². The van der Waals surface area contributed by atoms with Gasteiger partial charge in [0, 0.05) is 18.1 Å². The normalized spacial score (nSPS) is 14.1. The van der Waals surface area contributed by atoms with Crippen LogP contribution in [-0.2, 0) is 0 Å². The molecule has 0 amide bonds. The van der Waals surface area contributed by atoms with Crippen LogP contribution in [0.2, 0.25) is 0 Å². The molecule has 1 heterocycles. The fourth-order valence-corrected chi connectivity index (χ4v) is 1.95. The third-order valence-corrected chi connectivity index (χ3v) is 3.02. The average Bonchev–Trinajstić information content (AvgIpc) is 3.23. The molecular formula is C15H17N3O2. The van der Waals surface area contributed by atoms with Gasteiger partial charge in [-0.15, -0.1) is 0 Å². The Kier molecular flexibility index (Phi) is 3.41. The van der Waals surface area contributed by atoms with Crippen LogP contribution in [0, 0.1) is 0 Å². The number of benzene rings is 1. The Morgan fingerprint density at radius 3 is 2.75 bits per heavy atom. The highest BCUT2D eigenvalue weighted by molar-refractivity contribution is 5.39. The van der Waals surface area contributed by atoms with Crippen molar-refractivity contribution in [3.63, 3.8) is 0 Å². The molecule has 20 heavy (non-hydrogen) atoms. The molecule has 0 spiro atoms. The molecule has 3 rings (SSSR count). The van der Waals surface area contributed by atoms with E-state index in [0.717, 1.165) is 24.4 Å². The van der Waals surface area contributed by atoms with E-state index >= 15 is 0 Å². The highest BCUT2D eigenvalue weighted by Crippen LogP contribution is 2.39. The number of nitrogens with two attached hydrogens (primary N) is 1. The molecule has 1 aliphatic carbocycles. The van der Waals surface area contributed by atoms with Crippen LogP contribution in [0.4, 0.5) is 5.82 Å². The zero-order valence-corrected chi connectivity index (χ0v) is 11.4. The van der Waals surface area contributed by atoms with Crippen molar-refractivity contribution in [3.8, 4) is 17.4 Å². The molecule has 0 aliphatic heterocycles. The number of nitrogen functional groups attached to an aromatic ring is 1. The van der Waals surface area contributed by atoms with Gasteiger partial charge in [0.25, 0.3) is 0 Å². The second-order valence-electron chi connectivity index (χ2n) is 4.77. The Labute approximate surface area is 117 Å². The van der Waals surface area contributed by atoms with Gasteiger partial charge < -0.3 is 15.2 Å². The molecule has 0 saturated heterocycles. The lowest BCUT2D eigenvalue weighted by atomic mass is 10.3. The van der Waals surface area contributed by atoms with E-state index in [9.17, 15) is 0 Å². The van der Waals surface area contributed by atoms with Gasteiger partial charge >= 0.3 is 0 Å². The molecule has 0 bridgehead atoms. The summed E-state index contributed by atoms with van der Waals surface area (Å²) < 4.78 is 11.2. The Hall–Kier alpha value is -2.30. The maximum absolute atomic E-state index is 5.80. The predicted octanol–water partition coefficient (Wildman–Crippen LogP) is 3.13. The summed E-state index contributed by atoms with van der Waals surface area (Å²) in [6.45, 7) is 2.57. The van der Waals surface area contributed by atoms with Crippen LogP contribution in [0.3, 0.4) is 0 Å². The number of hydrogen-bond acceptors (Lipinski definition) is 5. The van der Waals surface area contributed by atoms with Crippen molar-refractivity contribution in [2.75, 3.05) is 12.3 Å². The van der Waals surface area contributed by atoms with Gasteiger partial charge in [0.15, 0.2) is 0 Å². The fourth-order valence-electron chi connectivity index (χ4n) is 1.95. The molecule has 5 nitrogen and oxygen atoms in total. The topological polar surface area (TPSA) is 70.3 Å². The van der Waals surface area contributed by atoms with E-state index < -0.39 is 0 Å². The first-order valence-electron chi connectivity index (χ1n) is 6.80. The second-order valence-corrected chi connectivity index (χ2v) is 4.77. The van der Waals surface area contributed by atoms with Crippen LogP contribution in [0.25, 0.3) is 0 Å². The molecule has 1 aromatic heterocycles. The molecular weight excluding hydrogens is 254 g/mol. The van der Waals surface area contributed by atoms with Gasteiger partial charge in [-0.2, -0.15) is 4.98 Å². The van der Waals surface area contributed by atoms with Gasteiger partial charge in [0.2, 0.25) is 5.88 Å². The minimum absolute atomic E-state index is 0.440. The maximum atomic E-state index is 5.80. The molecule has 1 fully saturated rings. The minimum atomic E-state index is 0.440. The van der Waals surface area contributed by atoms with Crippen LogP contribution in [-0.4, -0.2) is 16.6 Å². The Morgan fingerprint density at radius 1 is 1.20 bits per heavy atom. The summed E-state index contributed by atoms with van der Waals surface area (Å²) in [6.07, 6.45) is 2.26. The number of hydrogen-bond donors (Lipinski definition) is 1. The summed E-state index contributed by atoms with van der Waals surface area (Å²) in [5.74, 6) is 3.59. The van der Waals surface area contributed by atoms with E-state index in [1.54, 1.807) is 6.07 Å². The smallest absolute Gasteiger partial charge is 0.224 e. The van der Waals surface area contributed by atoms with Crippen molar-refractivity contribution in [3.05, 3.63) is 36.2 Å². The number of rotatable bonds is 5. The second kappa shape index (κ2) is 5.36. The van der Waals surface area contributed by atoms with E-state index in [-0.39, 0.29) is 0 Å². The van der Waals surface area contributed by atoms with E-state index in [2.05, 4.69) is 9.97 Å². The first kappa shape index (κ1) is 12.7. The molecule has 0 radical (unpaired) electrons. The number of ether oxygens (including phenoxy) is 2. The highest BCUT2D eigenvalue weighted by Gasteiger charge is 2.27. The molecule has 0 atom stereocenters. The predicted molar refractivity (Wildman–Crippen MR) is 76.1 cm³/mol. The van der Waals surface area contributed by atoms with Crippen LogP contribution in [0.5, 0.6) is 17.4 Å². The zero-order valence-electron chi connectivity index (χ0n) is 11.4. The van der Waals surface area contributed by atoms with Gasteiger partial charge in [-0.1, -0.05) is 6.07 Å². The molecule has 2 aromatic rings. The van der Waals surface area contributed by atoms with Crippen LogP contribution < -0.4 is 15.2 Å². The first-order valence-corrected chi connectivity index (χ1v) is 6.80. The third-order valence-electron chi connectivity index (χ3n) is 3.02. The Bertz CT molecular complexity index is 612. The molecule has 5 heteroatoms. The van der Waals surface area contributed by atoms with Gasteiger partial charge in [-0.3, -0.25) is 0 Å². The van der Waals surface area contributed by atoms with E-state index in [4.69, 9.17) is 15.2 Å². The molecule has 0 unspecified atom stereocenters.